The van der Waals surface area contributed by atoms with Crippen molar-refractivity contribution < 1.29 is 9.47 Å². The maximum absolute atomic E-state index is 5.80. The van der Waals surface area contributed by atoms with Gasteiger partial charge in [-0.05, 0) is 71.9 Å². The Morgan fingerprint density at radius 1 is 1.36 bits per heavy atom. The fraction of sp³-hybridized carbons (Fsp3) is 0.579. The van der Waals surface area contributed by atoms with Gasteiger partial charge in [0.25, 0.3) is 0 Å². The van der Waals surface area contributed by atoms with Gasteiger partial charge in [0.2, 0.25) is 0 Å². The maximum atomic E-state index is 5.80. The molecule has 2 fully saturated rings. The highest BCUT2D eigenvalue weighted by molar-refractivity contribution is 9.10. The molecule has 1 aromatic carbocycles. The highest BCUT2D eigenvalue weighted by Crippen LogP contribution is 2.39. The van der Waals surface area contributed by atoms with Crippen LogP contribution in [0.1, 0.15) is 25.3 Å². The third kappa shape index (κ3) is 4.91. The summed E-state index contributed by atoms with van der Waals surface area (Å²) in [4.78, 5) is 2.56. The first-order valence-corrected chi connectivity index (χ1v) is 9.57. The van der Waals surface area contributed by atoms with Gasteiger partial charge in [0.05, 0.1) is 11.1 Å². The average molecular weight is 432 g/mol. The molecule has 0 aromatic heterocycles. The van der Waals surface area contributed by atoms with Crippen molar-refractivity contribution in [2.24, 2.45) is 5.41 Å². The van der Waals surface area contributed by atoms with Crippen LogP contribution in [-0.2, 0) is 6.54 Å². The number of nitrogens with one attached hydrogen (secondary N) is 1. The third-order valence-corrected chi connectivity index (χ3v) is 5.56. The van der Waals surface area contributed by atoms with E-state index in [0.29, 0.717) is 18.6 Å². The van der Waals surface area contributed by atoms with Crippen molar-refractivity contribution in [3.63, 3.8) is 0 Å². The van der Waals surface area contributed by atoms with E-state index in [4.69, 9.17) is 9.47 Å². The molecule has 1 unspecified atom stereocenters. The van der Waals surface area contributed by atoms with Gasteiger partial charge in [-0.1, -0.05) is 12.7 Å². The molecule has 1 atom stereocenters. The molecule has 3 rings (SSSR count). The smallest absolute Gasteiger partial charge is 0.175 e. The van der Waals surface area contributed by atoms with E-state index in [1.165, 1.54) is 44.6 Å². The van der Waals surface area contributed by atoms with E-state index in [9.17, 15) is 0 Å². The molecular formula is C19H28BrClN2O2. The highest BCUT2D eigenvalue weighted by atomic mass is 79.9. The fourth-order valence-electron chi connectivity index (χ4n) is 3.82. The fourth-order valence-corrected chi connectivity index (χ4v) is 4.43. The molecule has 140 valence electrons. The predicted octanol–water partition coefficient (Wildman–Crippen LogP) is 4.02. The lowest BCUT2D eigenvalue weighted by atomic mass is 9.86. The lowest BCUT2D eigenvalue weighted by Crippen LogP contribution is -2.28. The summed E-state index contributed by atoms with van der Waals surface area (Å²) in [7, 11) is 0. The van der Waals surface area contributed by atoms with Crippen LogP contribution in [0, 0.1) is 5.41 Å². The average Bonchev–Trinajstić information content (AvgIpc) is 3.17. The number of likely N-dealkylation sites (tertiary alicyclic amines) is 1. The number of hydrogen-bond donors (Lipinski definition) is 1. The number of hydrogen-bond acceptors (Lipinski definition) is 4. The Hall–Kier alpha value is -0.750. The standard InChI is InChI=1S/C19H27BrN2O2.ClH/c1-3-9-24-18-16(20)10-15(11-17(18)23-4-2)12-22-8-6-19(14-22)5-7-21-13-19;/h3,10-11,21H,1,4-9,12-14H2,2H3;1H. The van der Waals surface area contributed by atoms with Crippen LogP contribution < -0.4 is 14.8 Å². The number of rotatable bonds is 7. The molecule has 2 saturated heterocycles. The lowest BCUT2D eigenvalue weighted by molar-refractivity contribution is 0.266. The van der Waals surface area contributed by atoms with E-state index in [2.05, 4.69) is 44.9 Å². The summed E-state index contributed by atoms with van der Waals surface area (Å²) in [6.07, 6.45) is 4.36. The first kappa shape index (κ1) is 20.6. The Balaban J connectivity index is 0.00000225. The summed E-state index contributed by atoms with van der Waals surface area (Å²) < 4.78 is 12.5. The summed E-state index contributed by atoms with van der Waals surface area (Å²) in [5, 5.41) is 3.52. The topological polar surface area (TPSA) is 33.7 Å². The lowest BCUT2D eigenvalue weighted by Gasteiger charge is -2.23. The molecule has 1 spiro atoms. The summed E-state index contributed by atoms with van der Waals surface area (Å²) in [6, 6.07) is 4.27. The first-order chi connectivity index (χ1) is 11.7. The molecule has 6 heteroatoms. The van der Waals surface area contributed by atoms with Gasteiger partial charge in [-0.25, -0.2) is 0 Å². The number of ether oxygens (including phenoxy) is 2. The van der Waals surface area contributed by atoms with Crippen molar-refractivity contribution in [1.29, 1.82) is 0 Å². The van der Waals surface area contributed by atoms with Gasteiger partial charge in [0, 0.05) is 19.6 Å². The quantitative estimate of drug-likeness (QED) is 0.661. The summed E-state index contributed by atoms with van der Waals surface area (Å²) in [5.74, 6) is 1.57. The van der Waals surface area contributed by atoms with E-state index >= 15 is 0 Å². The van der Waals surface area contributed by atoms with Crippen LogP contribution in [0.4, 0.5) is 0 Å². The van der Waals surface area contributed by atoms with Crippen molar-refractivity contribution >= 4 is 28.3 Å². The van der Waals surface area contributed by atoms with Gasteiger partial charge in [-0.3, -0.25) is 4.90 Å². The number of nitrogens with zero attached hydrogens (tertiary/aromatic N) is 1. The predicted molar refractivity (Wildman–Crippen MR) is 108 cm³/mol. The van der Waals surface area contributed by atoms with Crippen LogP contribution in [0.5, 0.6) is 11.5 Å². The zero-order valence-electron chi connectivity index (χ0n) is 14.9. The second kappa shape index (κ2) is 9.26. The molecule has 0 aliphatic carbocycles. The molecule has 0 saturated carbocycles. The molecular weight excluding hydrogens is 404 g/mol. The molecule has 0 amide bonds. The van der Waals surface area contributed by atoms with Crippen LogP contribution in [0.15, 0.2) is 29.3 Å². The van der Waals surface area contributed by atoms with E-state index in [1.807, 2.05) is 6.92 Å². The van der Waals surface area contributed by atoms with Gasteiger partial charge >= 0.3 is 0 Å². The van der Waals surface area contributed by atoms with Crippen molar-refractivity contribution in [2.75, 3.05) is 39.4 Å². The van der Waals surface area contributed by atoms with Gasteiger partial charge in [-0.15, -0.1) is 12.4 Å². The van der Waals surface area contributed by atoms with Crippen LogP contribution in [0.2, 0.25) is 0 Å². The van der Waals surface area contributed by atoms with Crippen LogP contribution in [0.25, 0.3) is 0 Å². The van der Waals surface area contributed by atoms with E-state index in [0.717, 1.165) is 22.5 Å². The van der Waals surface area contributed by atoms with Crippen molar-refractivity contribution in [3.05, 3.63) is 34.8 Å². The second-order valence-corrected chi connectivity index (χ2v) is 7.68. The third-order valence-electron chi connectivity index (χ3n) is 4.97. The summed E-state index contributed by atoms with van der Waals surface area (Å²) in [6.45, 7) is 12.5. The van der Waals surface area contributed by atoms with Gasteiger partial charge in [-0.2, -0.15) is 0 Å². The molecule has 1 N–H and O–H groups in total. The second-order valence-electron chi connectivity index (χ2n) is 6.83. The SMILES string of the molecule is C=CCOc1c(Br)cc(CN2CCC3(CCNC3)C2)cc1OCC.Cl. The number of benzene rings is 1. The van der Waals surface area contributed by atoms with E-state index in [-0.39, 0.29) is 12.4 Å². The largest absolute Gasteiger partial charge is 0.490 e. The maximum Gasteiger partial charge on any atom is 0.175 e. The Morgan fingerprint density at radius 3 is 2.88 bits per heavy atom. The van der Waals surface area contributed by atoms with E-state index < -0.39 is 0 Å². The van der Waals surface area contributed by atoms with Gasteiger partial charge < -0.3 is 14.8 Å². The minimum Gasteiger partial charge on any atom is -0.490 e. The monoisotopic (exact) mass is 430 g/mol. The van der Waals surface area contributed by atoms with Crippen molar-refractivity contribution in [2.45, 2.75) is 26.3 Å². The minimum atomic E-state index is 0. The molecule has 2 aliphatic rings. The molecule has 0 radical (unpaired) electrons. The highest BCUT2D eigenvalue weighted by Gasteiger charge is 2.40. The zero-order valence-corrected chi connectivity index (χ0v) is 17.3. The van der Waals surface area contributed by atoms with Crippen LogP contribution in [-0.4, -0.2) is 44.3 Å². The van der Waals surface area contributed by atoms with Crippen LogP contribution in [0.3, 0.4) is 0 Å². The molecule has 4 nitrogen and oxygen atoms in total. The van der Waals surface area contributed by atoms with Crippen molar-refractivity contribution in [3.8, 4) is 11.5 Å². The Morgan fingerprint density at radius 2 is 2.20 bits per heavy atom. The molecule has 1 aromatic rings. The molecule has 2 aliphatic heterocycles. The first-order valence-electron chi connectivity index (χ1n) is 8.78. The van der Waals surface area contributed by atoms with Gasteiger partial charge in [0.1, 0.15) is 6.61 Å². The minimum absolute atomic E-state index is 0. The molecule has 2 heterocycles. The molecule has 25 heavy (non-hydrogen) atoms. The van der Waals surface area contributed by atoms with Crippen molar-refractivity contribution in [1.82, 2.24) is 10.2 Å². The molecule has 0 bridgehead atoms. The normalized spacial score (nSPS) is 22.8. The van der Waals surface area contributed by atoms with Crippen LogP contribution >= 0.6 is 28.3 Å². The Labute approximate surface area is 165 Å². The number of halogens is 2. The Kier molecular flexibility index (Phi) is 7.62. The Bertz CT molecular complexity index is 591. The van der Waals surface area contributed by atoms with Gasteiger partial charge in [0.15, 0.2) is 11.5 Å². The summed E-state index contributed by atoms with van der Waals surface area (Å²) >= 11 is 3.64. The zero-order chi connectivity index (χ0) is 17.0. The van der Waals surface area contributed by atoms with E-state index in [1.54, 1.807) is 6.08 Å². The summed E-state index contributed by atoms with van der Waals surface area (Å²) in [5.41, 5.74) is 1.77.